The molecule has 3 nitrogen and oxygen atoms in total. The molecule has 3 rings (SSSR count). The number of carbonyl (C=O) groups is 1. The van der Waals surface area contributed by atoms with Gasteiger partial charge in [0, 0.05) is 33.1 Å². The Bertz CT molecular complexity index is 762. The summed E-state index contributed by atoms with van der Waals surface area (Å²) in [5.74, 6) is 0.769. The summed E-state index contributed by atoms with van der Waals surface area (Å²) in [6.45, 7) is 0.948. The molecule has 106 valence electrons. The van der Waals surface area contributed by atoms with Crippen molar-refractivity contribution < 1.29 is 9.53 Å². The Balaban J connectivity index is 1.88. The van der Waals surface area contributed by atoms with Crippen molar-refractivity contribution in [3.05, 3.63) is 65.0 Å². The molecule has 0 atom stereocenters. The highest BCUT2D eigenvalue weighted by Gasteiger charge is 2.14. The van der Waals surface area contributed by atoms with Crippen LogP contribution in [0.5, 0.6) is 5.75 Å². The molecule has 0 saturated carbocycles. The maximum atomic E-state index is 12.6. The molecule has 1 aromatic heterocycles. The number of hydrogen-bond donors (Lipinski definition) is 1. The summed E-state index contributed by atoms with van der Waals surface area (Å²) < 4.78 is 6.55. The van der Waals surface area contributed by atoms with Crippen molar-refractivity contribution in [2.75, 3.05) is 13.2 Å². The molecule has 0 unspecified atom stereocenters. The fourth-order valence-electron chi connectivity index (χ4n) is 2.19. The molecule has 0 aliphatic rings. The first-order chi connectivity index (χ1) is 10.3. The minimum absolute atomic E-state index is 0.0397. The van der Waals surface area contributed by atoms with Crippen molar-refractivity contribution >= 4 is 27.2 Å². The monoisotopic (exact) mass is 297 g/mol. The lowest BCUT2D eigenvalue weighted by Crippen LogP contribution is -2.10. The summed E-state index contributed by atoms with van der Waals surface area (Å²) in [6, 6.07) is 15.1. The van der Waals surface area contributed by atoms with E-state index in [9.17, 15) is 4.79 Å². The third-order valence-corrected chi connectivity index (χ3v) is 4.19. The average Bonchev–Trinajstić information content (AvgIpc) is 2.97. The maximum Gasteiger partial charge on any atom is 0.194 e. The summed E-state index contributed by atoms with van der Waals surface area (Å²) >= 11 is 1.59. The van der Waals surface area contributed by atoms with Gasteiger partial charge in [0.2, 0.25) is 0 Å². The Hall–Kier alpha value is -2.17. The van der Waals surface area contributed by atoms with E-state index in [1.165, 1.54) is 0 Å². The lowest BCUT2D eigenvalue weighted by atomic mass is 10.0. The molecule has 2 N–H and O–H groups in total. The molecule has 0 aliphatic heterocycles. The van der Waals surface area contributed by atoms with Gasteiger partial charge in [0.15, 0.2) is 5.78 Å². The molecule has 0 fully saturated rings. The van der Waals surface area contributed by atoms with E-state index in [-0.39, 0.29) is 5.78 Å². The SMILES string of the molecule is NCCOc1ccc(C(=O)c2csc3ccccc23)cc1. The van der Waals surface area contributed by atoms with Crippen LogP contribution in [-0.2, 0) is 0 Å². The minimum atomic E-state index is 0.0397. The molecule has 0 radical (unpaired) electrons. The number of carbonyl (C=O) groups excluding carboxylic acids is 1. The Labute approximate surface area is 127 Å². The van der Waals surface area contributed by atoms with Gasteiger partial charge in [-0.1, -0.05) is 18.2 Å². The first-order valence-corrected chi connectivity index (χ1v) is 7.61. The predicted molar refractivity (Wildman–Crippen MR) is 86.2 cm³/mol. The normalized spacial score (nSPS) is 10.7. The van der Waals surface area contributed by atoms with Crippen molar-refractivity contribution in [2.45, 2.75) is 0 Å². The third-order valence-electron chi connectivity index (χ3n) is 3.23. The van der Waals surface area contributed by atoms with Gasteiger partial charge < -0.3 is 10.5 Å². The summed E-state index contributed by atoms with van der Waals surface area (Å²) in [7, 11) is 0. The van der Waals surface area contributed by atoms with E-state index in [4.69, 9.17) is 10.5 Å². The second-order valence-corrected chi connectivity index (χ2v) is 5.55. The zero-order valence-corrected chi connectivity index (χ0v) is 12.2. The zero-order valence-electron chi connectivity index (χ0n) is 11.4. The van der Waals surface area contributed by atoms with Crippen molar-refractivity contribution in [1.82, 2.24) is 0 Å². The van der Waals surface area contributed by atoms with Crippen molar-refractivity contribution in [3.63, 3.8) is 0 Å². The summed E-state index contributed by atoms with van der Waals surface area (Å²) in [4.78, 5) is 12.6. The molecular weight excluding hydrogens is 282 g/mol. The van der Waals surface area contributed by atoms with Crippen LogP contribution in [0.2, 0.25) is 0 Å². The second kappa shape index (κ2) is 6.08. The summed E-state index contributed by atoms with van der Waals surface area (Å²) in [6.07, 6.45) is 0. The minimum Gasteiger partial charge on any atom is -0.492 e. The van der Waals surface area contributed by atoms with Gasteiger partial charge in [-0.05, 0) is 30.3 Å². The highest BCUT2D eigenvalue weighted by atomic mass is 32.1. The molecule has 4 heteroatoms. The fraction of sp³-hybridized carbons (Fsp3) is 0.118. The number of rotatable bonds is 5. The molecule has 0 amide bonds. The molecule has 0 spiro atoms. The number of hydrogen-bond acceptors (Lipinski definition) is 4. The highest BCUT2D eigenvalue weighted by molar-refractivity contribution is 7.17. The van der Waals surface area contributed by atoms with Crippen LogP contribution in [0, 0.1) is 0 Å². The van der Waals surface area contributed by atoms with E-state index >= 15 is 0 Å². The van der Waals surface area contributed by atoms with Crippen molar-refractivity contribution in [3.8, 4) is 5.75 Å². The van der Waals surface area contributed by atoms with Crippen LogP contribution >= 0.6 is 11.3 Å². The van der Waals surface area contributed by atoms with Gasteiger partial charge in [0.25, 0.3) is 0 Å². The van der Waals surface area contributed by atoms with Crippen molar-refractivity contribution in [1.29, 1.82) is 0 Å². The average molecular weight is 297 g/mol. The number of nitrogens with two attached hydrogens (primary N) is 1. The first kappa shape index (κ1) is 13.8. The van der Waals surface area contributed by atoms with Crippen LogP contribution in [0.15, 0.2) is 53.9 Å². The van der Waals surface area contributed by atoms with E-state index < -0.39 is 0 Å². The van der Waals surface area contributed by atoms with Crippen molar-refractivity contribution in [2.24, 2.45) is 5.73 Å². The number of thiophene rings is 1. The Morgan fingerprint density at radius 1 is 1.10 bits per heavy atom. The van der Waals surface area contributed by atoms with Crippen LogP contribution in [0.4, 0.5) is 0 Å². The smallest absolute Gasteiger partial charge is 0.194 e. The maximum absolute atomic E-state index is 12.6. The zero-order chi connectivity index (χ0) is 14.7. The van der Waals surface area contributed by atoms with Gasteiger partial charge in [0.1, 0.15) is 12.4 Å². The van der Waals surface area contributed by atoms with Crippen LogP contribution in [0.3, 0.4) is 0 Å². The lowest BCUT2D eigenvalue weighted by Gasteiger charge is -2.05. The summed E-state index contributed by atoms with van der Waals surface area (Å²) in [5, 5.41) is 2.93. The molecule has 0 saturated heterocycles. The number of ether oxygens (including phenoxy) is 1. The predicted octanol–water partition coefficient (Wildman–Crippen LogP) is 3.47. The molecule has 1 heterocycles. The summed E-state index contributed by atoms with van der Waals surface area (Å²) in [5.41, 5.74) is 6.81. The van der Waals surface area contributed by atoms with E-state index in [1.807, 2.05) is 29.6 Å². The van der Waals surface area contributed by atoms with Crippen LogP contribution in [0.25, 0.3) is 10.1 Å². The van der Waals surface area contributed by atoms with E-state index in [0.717, 1.165) is 21.4 Å². The molecule has 0 bridgehead atoms. The quantitative estimate of drug-likeness (QED) is 0.734. The highest BCUT2D eigenvalue weighted by Crippen LogP contribution is 2.28. The van der Waals surface area contributed by atoms with Crippen LogP contribution in [-0.4, -0.2) is 18.9 Å². The van der Waals surface area contributed by atoms with Gasteiger partial charge in [-0.25, -0.2) is 0 Å². The van der Waals surface area contributed by atoms with Gasteiger partial charge in [-0.15, -0.1) is 11.3 Å². The number of fused-ring (bicyclic) bond motifs is 1. The molecule has 2 aromatic carbocycles. The molecule has 0 aliphatic carbocycles. The third kappa shape index (κ3) is 2.82. The van der Waals surface area contributed by atoms with Gasteiger partial charge >= 0.3 is 0 Å². The van der Waals surface area contributed by atoms with Gasteiger partial charge in [-0.2, -0.15) is 0 Å². The fourth-order valence-corrected chi connectivity index (χ4v) is 3.13. The number of ketones is 1. The lowest BCUT2D eigenvalue weighted by molar-refractivity contribution is 0.104. The van der Waals surface area contributed by atoms with E-state index in [1.54, 1.807) is 35.6 Å². The van der Waals surface area contributed by atoms with Crippen LogP contribution in [0.1, 0.15) is 15.9 Å². The first-order valence-electron chi connectivity index (χ1n) is 6.73. The van der Waals surface area contributed by atoms with Crippen LogP contribution < -0.4 is 10.5 Å². The number of benzene rings is 2. The largest absolute Gasteiger partial charge is 0.492 e. The van der Waals surface area contributed by atoms with E-state index in [2.05, 4.69) is 0 Å². The Morgan fingerprint density at radius 2 is 1.86 bits per heavy atom. The molecule has 3 aromatic rings. The second-order valence-electron chi connectivity index (χ2n) is 4.64. The standard InChI is InChI=1S/C17H15NO2S/c18-9-10-20-13-7-5-12(6-8-13)17(19)15-11-21-16-4-2-1-3-14(15)16/h1-8,11H,9-10,18H2. The molecule has 21 heavy (non-hydrogen) atoms. The van der Waals surface area contributed by atoms with Gasteiger partial charge in [-0.3, -0.25) is 4.79 Å². The Kier molecular flexibility index (Phi) is 3.99. The topological polar surface area (TPSA) is 52.3 Å². The Morgan fingerprint density at radius 3 is 2.62 bits per heavy atom. The van der Waals surface area contributed by atoms with Gasteiger partial charge in [0.05, 0.1) is 0 Å². The van der Waals surface area contributed by atoms with E-state index in [0.29, 0.717) is 18.7 Å². The molecular formula is C17H15NO2S.